The number of ether oxygens (including phenoxy) is 1. The minimum absolute atomic E-state index is 0.00750. The maximum Gasteiger partial charge on any atom is 0.119 e. The topological polar surface area (TPSA) is 21.3 Å². The van der Waals surface area contributed by atoms with Gasteiger partial charge < -0.3 is 10.1 Å². The molecule has 2 heteroatoms. The number of benzene rings is 2. The van der Waals surface area contributed by atoms with Gasteiger partial charge in [0.1, 0.15) is 5.75 Å². The van der Waals surface area contributed by atoms with Crippen molar-refractivity contribution in [3.05, 3.63) is 59.2 Å². The Balaban J connectivity index is 1.88. The van der Waals surface area contributed by atoms with E-state index in [4.69, 9.17) is 4.74 Å². The van der Waals surface area contributed by atoms with Gasteiger partial charge in [-0.25, -0.2) is 0 Å². The second-order valence-corrected chi connectivity index (χ2v) is 5.69. The van der Waals surface area contributed by atoms with E-state index in [0.717, 1.165) is 12.2 Å². The van der Waals surface area contributed by atoms with Crippen LogP contribution in [0.3, 0.4) is 0 Å². The Morgan fingerprint density at radius 2 is 2.05 bits per heavy atom. The van der Waals surface area contributed by atoms with Crippen molar-refractivity contribution in [1.29, 1.82) is 0 Å². The van der Waals surface area contributed by atoms with E-state index in [2.05, 4.69) is 54.7 Å². The van der Waals surface area contributed by atoms with E-state index < -0.39 is 0 Å². The number of para-hydroxylation sites is 1. The fourth-order valence-corrected chi connectivity index (χ4v) is 3.73. The first-order chi connectivity index (χ1) is 9.22. The molecule has 0 saturated heterocycles. The Morgan fingerprint density at radius 3 is 2.89 bits per heavy atom. The van der Waals surface area contributed by atoms with Gasteiger partial charge in [0.2, 0.25) is 0 Å². The van der Waals surface area contributed by atoms with Crippen LogP contribution in [0, 0.1) is 0 Å². The minimum Gasteiger partial charge on any atom is -0.497 e. The first-order valence-corrected chi connectivity index (χ1v) is 6.77. The van der Waals surface area contributed by atoms with E-state index in [1.807, 2.05) is 0 Å². The van der Waals surface area contributed by atoms with Gasteiger partial charge in [0.15, 0.2) is 0 Å². The lowest BCUT2D eigenvalue weighted by molar-refractivity contribution is 0.412. The van der Waals surface area contributed by atoms with Gasteiger partial charge in [-0.1, -0.05) is 24.3 Å². The molecule has 0 aromatic heterocycles. The minimum atomic E-state index is 0.00750. The van der Waals surface area contributed by atoms with Crippen molar-refractivity contribution >= 4 is 5.69 Å². The van der Waals surface area contributed by atoms with Crippen LogP contribution >= 0.6 is 0 Å². The summed E-state index contributed by atoms with van der Waals surface area (Å²) in [5.74, 6) is 1.48. The van der Waals surface area contributed by atoms with Crippen molar-refractivity contribution in [2.45, 2.75) is 24.8 Å². The fraction of sp³-hybridized carbons (Fsp3) is 0.294. The van der Waals surface area contributed by atoms with Crippen molar-refractivity contribution in [2.75, 3.05) is 12.4 Å². The fourth-order valence-electron chi connectivity index (χ4n) is 3.73. The standard InChI is InChI=1S/C17H17NO/c1-17-14-10-12(19-2)8-7-11(14)9-15(17)13-5-3-4-6-16(13)18-17/h3-8,10,15,18H,9H2,1-2H3/t15-,17-/m1/s1. The Labute approximate surface area is 113 Å². The lowest BCUT2D eigenvalue weighted by Crippen LogP contribution is -2.29. The molecular weight excluding hydrogens is 234 g/mol. The van der Waals surface area contributed by atoms with E-state index in [0.29, 0.717) is 5.92 Å². The van der Waals surface area contributed by atoms with E-state index >= 15 is 0 Å². The number of methoxy groups -OCH3 is 1. The third-order valence-corrected chi connectivity index (χ3v) is 4.73. The van der Waals surface area contributed by atoms with E-state index in [9.17, 15) is 0 Å². The molecule has 1 N–H and O–H groups in total. The van der Waals surface area contributed by atoms with Gasteiger partial charge in [0, 0.05) is 11.6 Å². The average Bonchev–Trinajstić information content (AvgIpc) is 2.87. The summed E-state index contributed by atoms with van der Waals surface area (Å²) < 4.78 is 5.38. The molecule has 0 bridgehead atoms. The summed E-state index contributed by atoms with van der Waals surface area (Å²) in [6, 6.07) is 15.1. The van der Waals surface area contributed by atoms with Gasteiger partial charge in [0.05, 0.1) is 12.6 Å². The quantitative estimate of drug-likeness (QED) is 0.835. The zero-order valence-electron chi connectivity index (χ0n) is 11.2. The molecule has 2 atom stereocenters. The maximum absolute atomic E-state index is 5.38. The van der Waals surface area contributed by atoms with Gasteiger partial charge in [-0.05, 0) is 48.2 Å². The smallest absolute Gasteiger partial charge is 0.119 e. The van der Waals surface area contributed by atoms with Gasteiger partial charge in [-0.15, -0.1) is 0 Å². The third kappa shape index (κ3) is 1.31. The molecule has 2 aromatic rings. The summed E-state index contributed by atoms with van der Waals surface area (Å²) in [6.07, 6.45) is 1.11. The third-order valence-electron chi connectivity index (χ3n) is 4.73. The van der Waals surface area contributed by atoms with Crippen LogP contribution in [0.15, 0.2) is 42.5 Å². The highest BCUT2D eigenvalue weighted by Gasteiger charge is 2.48. The van der Waals surface area contributed by atoms with Crippen molar-refractivity contribution in [3.63, 3.8) is 0 Å². The van der Waals surface area contributed by atoms with Crippen molar-refractivity contribution < 1.29 is 4.74 Å². The summed E-state index contributed by atoms with van der Waals surface area (Å²) in [5.41, 5.74) is 5.56. The largest absolute Gasteiger partial charge is 0.497 e. The Bertz CT molecular complexity index is 664. The molecule has 19 heavy (non-hydrogen) atoms. The maximum atomic E-state index is 5.38. The number of fused-ring (bicyclic) bond motifs is 5. The Kier molecular flexibility index (Phi) is 2.03. The van der Waals surface area contributed by atoms with E-state index in [1.165, 1.54) is 22.4 Å². The van der Waals surface area contributed by atoms with Crippen LogP contribution in [0.5, 0.6) is 5.75 Å². The second-order valence-electron chi connectivity index (χ2n) is 5.69. The molecule has 0 saturated carbocycles. The molecule has 2 aliphatic rings. The molecular formula is C17H17NO. The Morgan fingerprint density at radius 1 is 1.21 bits per heavy atom. The number of anilines is 1. The molecule has 0 amide bonds. The number of nitrogens with one attached hydrogen (secondary N) is 1. The lowest BCUT2D eigenvalue weighted by Gasteiger charge is -2.27. The molecule has 2 aromatic carbocycles. The molecule has 1 heterocycles. The normalized spacial score (nSPS) is 26.3. The summed E-state index contributed by atoms with van der Waals surface area (Å²) in [4.78, 5) is 0. The Hall–Kier alpha value is -1.96. The van der Waals surface area contributed by atoms with Crippen LogP contribution in [0.2, 0.25) is 0 Å². The molecule has 1 aliphatic heterocycles. The van der Waals surface area contributed by atoms with Gasteiger partial charge in [-0.2, -0.15) is 0 Å². The molecule has 1 aliphatic carbocycles. The molecule has 2 nitrogen and oxygen atoms in total. The van der Waals surface area contributed by atoms with Gasteiger partial charge >= 0.3 is 0 Å². The van der Waals surface area contributed by atoms with Crippen molar-refractivity contribution in [1.82, 2.24) is 0 Å². The monoisotopic (exact) mass is 251 g/mol. The van der Waals surface area contributed by atoms with Crippen molar-refractivity contribution in [2.24, 2.45) is 0 Å². The van der Waals surface area contributed by atoms with Crippen LogP contribution in [0.25, 0.3) is 0 Å². The first-order valence-electron chi connectivity index (χ1n) is 6.77. The molecule has 4 rings (SSSR count). The highest BCUT2D eigenvalue weighted by molar-refractivity contribution is 5.67. The van der Waals surface area contributed by atoms with Gasteiger partial charge in [-0.3, -0.25) is 0 Å². The van der Waals surface area contributed by atoms with E-state index in [1.54, 1.807) is 7.11 Å². The van der Waals surface area contributed by atoms with Crippen LogP contribution < -0.4 is 10.1 Å². The van der Waals surface area contributed by atoms with Crippen LogP contribution in [0.1, 0.15) is 29.5 Å². The molecule has 0 fully saturated rings. The molecule has 0 radical (unpaired) electrons. The van der Waals surface area contributed by atoms with Crippen molar-refractivity contribution in [3.8, 4) is 5.75 Å². The average molecular weight is 251 g/mol. The van der Waals surface area contributed by atoms with Crippen LogP contribution in [-0.2, 0) is 12.0 Å². The lowest BCUT2D eigenvalue weighted by atomic mass is 9.85. The number of rotatable bonds is 1. The van der Waals surface area contributed by atoms with Crippen LogP contribution in [-0.4, -0.2) is 7.11 Å². The molecule has 0 spiro atoms. The summed E-state index contributed by atoms with van der Waals surface area (Å²) in [5, 5.41) is 3.72. The zero-order chi connectivity index (χ0) is 13.0. The zero-order valence-corrected chi connectivity index (χ0v) is 11.2. The summed E-state index contributed by atoms with van der Waals surface area (Å²) in [7, 11) is 1.73. The summed E-state index contributed by atoms with van der Waals surface area (Å²) >= 11 is 0. The van der Waals surface area contributed by atoms with Crippen LogP contribution in [0.4, 0.5) is 5.69 Å². The predicted molar refractivity (Wildman–Crippen MR) is 76.9 cm³/mol. The SMILES string of the molecule is COc1ccc2c(c1)[C@@]1(C)Nc3ccccc3[C@H]1C2. The van der Waals surface area contributed by atoms with Gasteiger partial charge in [0.25, 0.3) is 0 Å². The highest BCUT2D eigenvalue weighted by atomic mass is 16.5. The second kappa shape index (κ2) is 3.53. The number of hydrogen-bond acceptors (Lipinski definition) is 2. The van der Waals surface area contributed by atoms with E-state index in [-0.39, 0.29) is 5.54 Å². The molecule has 96 valence electrons. The first kappa shape index (κ1) is 10.9. The predicted octanol–water partition coefficient (Wildman–Crippen LogP) is 3.68. The molecule has 0 unspecified atom stereocenters. The highest BCUT2D eigenvalue weighted by Crippen LogP contribution is 2.55. The summed E-state index contributed by atoms with van der Waals surface area (Å²) in [6.45, 7) is 2.31. The number of hydrogen-bond donors (Lipinski definition) is 1.